The quantitative estimate of drug-likeness (QED) is 0.148. The average molecular weight is 563 g/mol. The van der Waals surface area contributed by atoms with Crippen LogP contribution in [0.25, 0.3) is 0 Å². The van der Waals surface area contributed by atoms with Crippen LogP contribution in [0.15, 0.2) is 24.3 Å². The molecule has 2 rings (SSSR count). The molecule has 0 heterocycles. The Bertz CT molecular complexity index is 673. The molecule has 0 aliphatic heterocycles. The highest BCUT2D eigenvalue weighted by Crippen LogP contribution is 2.16. The maximum absolute atomic E-state index is 12.4. The van der Waals surface area contributed by atoms with Crippen molar-refractivity contribution < 1.29 is 23.8 Å². The van der Waals surface area contributed by atoms with Gasteiger partial charge >= 0.3 is 11.9 Å². The zero-order valence-electron chi connectivity index (χ0n) is 27.0. The summed E-state index contributed by atoms with van der Waals surface area (Å²) < 4.78 is 15.7. The number of methoxy groups -OCH3 is 1. The lowest BCUT2D eigenvalue weighted by atomic mass is 10.0. The van der Waals surface area contributed by atoms with Crippen molar-refractivity contribution in [2.45, 2.75) is 156 Å². The highest BCUT2D eigenvalue weighted by molar-refractivity contribution is 6.03. The SMILES string of the molecule is C1CCCCC1.CCCCCCCCOC(=O)c1ccccc1C(=O)OCCCCCCCC.COC(C)(C)C. The van der Waals surface area contributed by atoms with E-state index in [0.29, 0.717) is 24.3 Å². The Morgan fingerprint density at radius 1 is 0.600 bits per heavy atom. The Kier molecular flexibility index (Phi) is 24.8. The number of esters is 2. The van der Waals surface area contributed by atoms with E-state index in [9.17, 15) is 9.59 Å². The highest BCUT2D eigenvalue weighted by atomic mass is 16.5. The van der Waals surface area contributed by atoms with Crippen molar-refractivity contribution in [3.05, 3.63) is 35.4 Å². The normalized spacial score (nSPS) is 12.8. The number of ether oxygens (including phenoxy) is 3. The average Bonchev–Trinajstić information content (AvgIpc) is 2.97. The molecular weight excluding hydrogens is 500 g/mol. The van der Waals surface area contributed by atoms with Crippen LogP contribution in [0.5, 0.6) is 0 Å². The lowest BCUT2D eigenvalue weighted by Crippen LogP contribution is -2.15. The summed E-state index contributed by atoms with van der Waals surface area (Å²) in [6.45, 7) is 11.2. The van der Waals surface area contributed by atoms with Gasteiger partial charge in [-0.1, -0.05) is 129 Å². The lowest BCUT2D eigenvalue weighted by molar-refractivity contribution is 0.0397. The first kappa shape index (κ1) is 38.1. The van der Waals surface area contributed by atoms with Gasteiger partial charge in [-0.2, -0.15) is 0 Å². The van der Waals surface area contributed by atoms with Crippen molar-refractivity contribution in [1.82, 2.24) is 0 Å². The van der Waals surface area contributed by atoms with Gasteiger partial charge in [-0.15, -0.1) is 0 Å². The van der Waals surface area contributed by atoms with E-state index in [4.69, 9.17) is 14.2 Å². The largest absolute Gasteiger partial charge is 0.462 e. The fourth-order valence-electron chi connectivity index (χ4n) is 4.15. The molecule has 0 N–H and O–H groups in total. The van der Waals surface area contributed by atoms with Crippen molar-refractivity contribution >= 4 is 11.9 Å². The van der Waals surface area contributed by atoms with Crippen molar-refractivity contribution in [3.8, 4) is 0 Å². The van der Waals surface area contributed by atoms with Crippen molar-refractivity contribution in [3.63, 3.8) is 0 Å². The summed E-state index contributed by atoms with van der Waals surface area (Å²) in [7, 11) is 1.71. The van der Waals surface area contributed by atoms with Gasteiger partial charge in [0.2, 0.25) is 0 Å². The highest BCUT2D eigenvalue weighted by Gasteiger charge is 2.18. The summed E-state index contributed by atoms with van der Waals surface area (Å²) in [6.07, 6.45) is 22.6. The number of carbonyl (C=O) groups is 2. The number of rotatable bonds is 16. The predicted molar refractivity (Wildman–Crippen MR) is 168 cm³/mol. The topological polar surface area (TPSA) is 61.8 Å². The molecule has 0 atom stereocenters. The second-order valence-electron chi connectivity index (χ2n) is 11.8. The third kappa shape index (κ3) is 22.9. The van der Waals surface area contributed by atoms with Crippen LogP contribution in [0.2, 0.25) is 0 Å². The van der Waals surface area contributed by atoms with Gasteiger partial charge < -0.3 is 14.2 Å². The van der Waals surface area contributed by atoms with Crippen LogP contribution in [0.4, 0.5) is 0 Å². The van der Waals surface area contributed by atoms with Gasteiger partial charge in [-0.3, -0.25) is 0 Å². The van der Waals surface area contributed by atoms with Crippen molar-refractivity contribution in [1.29, 1.82) is 0 Å². The second-order valence-corrected chi connectivity index (χ2v) is 11.8. The summed E-state index contributed by atoms with van der Waals surface area (Å²) >= 11 is 0. The number of hydrogen-bond acceptors (Lipinski definition) is 5. The molecule has 0 spiro atoms. The minimum Gasteiger partial charge on any atom is -0.462 e. The molecule has 232 valence electrons. The zero-order chi connectivity index (χ0) is 29.9. The maximum Gasteiger partial charge on any atom is 0.339 e. The van der Waals surface area contributed by atoms with Gasteiger partial charge in [0.1, 0.15) is 0 Å². The van der Waals surface area contributed by atoms with Crippen LogP contribution < -0.4 is 0 Å². The monoisotopic (exact) mass is 562 g/mol. The molecule has 0 aromatic heterocycles. The Labute approximate surface area is 247 Å². The lowest BCUT2D eigenvalue weighted by Gasteiger charge is -2.14. The number of carbonyl (C=O) groups excluding carboxylic acids is 2. The van der Waals surface area contributed by atoms with Crippen LogP contribution in [-0.4, -0.2) is 37.9 Å². The maximum atomic E-state index is 12.4. The summed E-state index contributed by atoms with van der Waals surface area (Å²) in [5.41, 5.74) is 0.628. The van der Waals surface area contributed by atoms with Crippen LogP contribution in [0.3, 0.4) is 0 Å². The van der Waals surface area contributed by atoms with E-state index >= 15 is 0 Å². The molecule has 0 radical (unpaired) electrons. The molecule has 1 saturated carbocycles. The Morgan fingerprint density at radius 2 is 0.900 bits per heavy atom. The van der Waals surface area contributed by atoms with Gasteiger partial charge in [-0.05, 0) is 45.7 Å². The fraction of sp³-hybridized carbons (Fsp3) is 0.771. The molecule has 1 aliphatic carbocycles. The molecule has 0 saturated heterocycles. The molecule has 5 nitrogen and oxygen atoms in total. The number of unbranched alkanes of at least 4 members (excludes halogenated alkanes) is 10. The van der Waals surface area contributed by atoms with Crippen LogP contribution in [-0.2, 0) is 14.2 Å². The van der Waals surface area contributed by atoms with E-state index < -0.39 is 11.9 Å². The molecule has 0 unspecified atom stereocenters. The van der Waals surface area contributed by atoms with Gasteiger partial charge in [0.15, 0.2) is 0 Å². The molecule has 1 fully saturated rings. The van der Waals surface area contributed by atoms with Crippen molar-refractivity contribution in [2.75, 3.05) is 20.3 Å². The number of hydrogen-bond donors (Lipinski definition) is 0. The van der Waals surface area contributed by atoms with E-state index in [1.807, 2.05) is 20.8 Å². The standard InChI is InChI=1S/C24H38O4.C6H12.C5H12O/c1-3-5-7-9-11-15-19-27-23(25)21-17-13-14-18-22(21)24(26)28-20-16-12-10-8-6-4-2;1-2-4-6-5-3-1;1-5(2,3)6-4/h13-14,17-18H,3-12,15-16,19-20H2,1-2H3;1-6H2;1-4H3. The molecule has 1 aromatic rings. The van der Waals surface area contributed by atoms with E-state index in [0.717, 1.165) is 25.7 Å². The molecule has 0 amide bonds. The van der Waals surface area contributed by atoms with E-state index in [-0.39, 0.29) is 5.60 Å². The Balaban J connectivity index is 0.00000104. The summed E-state index contributed by atoms with van der Waals surface area (Å²) in [5, 5.41) is 0. The van der Waals surface area contributed by atoms with Gasteiger partial charge in [0.05, 0.1) is 29.9 Å². The molecule has 5 heteroatoms. The smallest absolute Gasteiger partial charge is 0.339 e. The van der Waals surface area contributed by atoms with Gasteiger partial charge in [-0.25, -0.2) is 9.59 Å². The zero-order valence-corrected chi connectivity index (χ0v) is 27.0. The molecular formula is C35H62O5. The summed E-state index contributed by atoms with van der Waals surface area (Å²) in [5.74, 6) is -0.888. The van der Waals surface area contributed by atoms with Gasteiger partial charge in [0, 0.05) is 7.11 Å². The fourth-order valence-corrected chi connectivity index (χ4v) is 4.15. The first-order valence-corrected chi connectivity index (χ1v) is 16.2. The minimum absolute atomic E-state index is 0.0417. The van der Waals surface area contributed by atoms with Crippen molar-refractivity contribution in [2.24, 2.45) is 0 Å². The predicted octanol–water partition coefficient (Wildman–Crippen LogP) is 10.5. The summed E-state index contributed by atoms with van der Waals surface area (Å²) in [6, 6.07) is 6.74. The van der Waals surface area contributed by atoms with Crippen LogP contribution in [0, 0.1) is 0 Å². The number of benzene rings is 1. The first-order valence-electron chi connectivity index (χ1n) is 16.2. The van der Waals surface area contributed by atoms with E-state index in [1.54, 1.807) is 31.4 Å². The van der Waals surface area contributed by atoms with E-state index in [1.165, 1.54) is 89.9 Å². The molecule has 1 aliphatic rings. The van der Waals surface area contributed by atoms with Crippen LogP contribution in [0.1, 0.15) is 171 Å². The summed E-state index contributed by atoms with van der Waals surface area (Å²) in [4.78, 5) is 24.7. The van der Waals surface area contributed by atoms with Crippen LogP contribution >= 0.6 is 0 Å². The Hall–Kier alpha value is -1.88. The molecule has 1 aromatic carbocycles. The Morgan fingerprint density at radius 3 is 1.20 bits per heavy atom. The van der Waals surface area contributed by atoms with Gasteiger partial charge in [0.25, 0.3) is 0 Å². The third-order valence-corrected chi connectivity index (χ3v) is 6.94. The minimum atomic E-state index is -0.444. The molecule has 40 heavy (non-hydrogen) atoms. The third-order valence-electron chi connectivity index (χ3n) is 6.94. The van der Waals surface area contributed by atoms with E-state index in [2.05, 4.69) is 13.8 Å². The second kappa shape index (κ2) is 26.0. The molecule has 0 bridgehead atoms. The first-order chi connectivity index (χ1) is 19.3.